The van der Waals surface area contributed by atoms with Crippen molar-refractivity contribution in [3.05, 3.63) is 58.5 Å². The van der Waals surface area contributed by atoms with E-state index in [-0.39, 0.29) is 17.9 Å². The zero-order valence-electron chi connectivity index (χ0n) is 13.6. The first kappa shape index (κ1) is 16.1. The molecular weight excluding hydrogens is 386 g/mol. The molecule has 0 radical (unpaired) electrons. The number of halogens is 1. The van der Waals surface area contributed by atoms with Crippen molar-refractivity contribution < 1.29 is 13.7 Å². The van der Waals surface area contributed by atoms with Gasteiger partial charge in [-0.3, -0.25) is 4.79 Å². The van der Waals surface area contributed by atoms with E-state index in [1.807, 2.05) is 42.2 Å². The van der Waals surface area contributed by atoms with Gasteiger partial charge in [0.1, 0.15) is 0 Å². The van der Waals surface area contributed by atoms with E-state index >= 15 is 0 Å². The van der Waals surface area contributed by atoms with Gasteiger partial charge in [-0.15, -0.1) is 0 Å². The summed E-state index contributed by atoms with van der Waals surface area (Å²) in [7, 11) is 0. The topological polar surface area (TPSA) is 72.4 Å². The van der Waals surface area contributed by atoms with E-state index < -0.39 is 0 Å². The van der Waals surface area contributed by atoms with Gasteiger partial charge in [-0.1, -0.05) is 35.5 Å². The minimum atomic E-state index is -0.0745. The maximum atomic E-state index is 12.5. The Morgan fingerprint density at radius 1 is 1.24 bits per heavy atom. The maximum Gasteiger partial charge on any atom is 0.293 e. The van der Waals surface area contributed by atoms with Crippen molar-refractivity contribution in [2.24, 2.45) is 0 Å². The molecule has 1 fully saturated rings. The monoisotopic (exact) mass is 401 g/mol. The van der Waals surface area contributed by atoms with Gasteiger partial charge in [-0.2, -0.15) is 4.98 Å². The number of benzene rings is 1. The van der Waals surface area contributed by atoms with Gasteiger partial charge in [0.2, 0.25) is 5.91 Å². The van der Waals surface area contributed by atoms with Crippen molar-refractivity contribution in [1.82, 2.24) is 15.0 Å². The lowest BCUT2D eigenvalue weighted by atomic mass is 10.1. The summed E-state index contributed by atoms with van der Waals surface area (Å²) in [6.07, 6.45) is 0.387. The number of aromatic nitrogens is 2. The summed E-state index contributed by atoms with van der Waals surface area (Å²) in [5.41, 5.74) is 1.12. The molecule has 4 rings (SSSR count). The summed E-state index contributed by atoms with van der Waals surface area (Å²) in [5, 5.41) is 4.04. The highest BCUT2D eigenvalue weighted by Gasteiger charge is 2.36. The van der Waals surface area contributed by atoms with E-state index in [0.29, 0.717) is 35.1 Å². The van der Waals surface area contributed by atoms with Crippen LogP contribution in [0.5, 0.6) is 0 Å². The first-order valence-corrected chi connectivity index (χ1v) is 8.85. The second-order valence-electron chi connectivity index (χ2n) is 6.10. The summed E-state index contributed by atoms with van der Waals surface area (Å²) < 4.78 is 11.3. The van der Waals surface area contributed by atoms with Crippen LogP contribution >= 0.6 is 15.9 Å². The van der Waals surface area contributed by atoms with Crippen LogP contribution in [0.1, 0.15) is 36.7 Å². The highest BCUT2D eigenvalue weighted by atomic mass is 79.9. The van der Waals surface area contributed by atoms with Crippen molar-refractivity contribution in [2.45, 2.75) is 25.3 Å². The zero-order chi connectivity index (χ0) is 17.4. The number of rotatable bonds is 4. The molecule has 25 heavy (non-hydrogen) atoms. The molecule has 0 aliphatic carbocycles. The summed E-state index contributed by atoms with van der Waals surface area (Å²) in [6.45, 7) is 2.62. The normalized spacial score (nSPS) is 18.7. The van der Waals surface area contributed by atoms with Gasteiger partial charge >= 0.3 is 0 Å². The molecule has 6 nitrogen and oxygen atoms in total. The smallest absolute Gasteiger partial charge is 0.293 e. The Morgan fingerprint density at radius 3 is 2.76 bits per heavy atom. The van der Waals surface area contributed by atoms with E-state index in [1.54, 1.807) is 12.1 Å². The molecule has 1 saturated heterocycles. The predicted molar refractivity (Wildman–Crippen MR) is 93.6 cm³/mol. The fourth-order valence-corrected chi connectivity index (χ4v) is 3.43. The molecule has 2 unspecified atom stereocenters. The van der Waals surface area contributed by atoms with Crippen molar-refractivity contribution >= 4 is 21.8 Å². The first-order chi connectivity index (χ1) is 12.1. The molecule has 0 spiro atoms. The van der Waals surface area contributed by atoms with Crippen molar-refractivity contribution in [1.29, 1.82) is 0 Å². The second-order valence-corrected chi connectivity index (χ2v) is 6.88. The van der Waals surface area contributed by atoms with Gasteiger partial charge < -0.3 is 13.8 Å². The maximum absolute atomic E-state index is 12.5. The standard InChI is InChI=1S/C18H16BrN3O3/c1-11(12-5-3-2-4-6-12)22-10-13(9-16(22)23)17-20-18(25-21-17)14-7-8-15(19)24-14/h2-8,11,13H,9-10H2,1H3. The molecule has 2 aromatic heterocycles. The molecule has 3 heterocycles. The fraction of sp³-hybridized carbons (Fsp3) is 0.278. The molecule has 0 N–H and O–H groups in total. The summed E-state index contributed by atoms with van der Waals surface area (Å²) in [6, 6.07) is 13.5. The second kappa shape index (κ2) is 6.48. The lowest BCUT2D eigenvalue weighted by molar-refractivity contribution is -0.129. The molecule has 1 aliphatic heterocycles. The lowest BCUT2D eigenvalue weighted by Crippen LogP contribution is -2.28. The minimum Gasteiger partial charge on any atom is -0.444 e. The van der Waals surface area contributed by atoms with Crippen LogP contribution in [0.4, 0.5) is 0 Å². The highest BCUT2D eigenvalue weighted by Crippen LogP contribution is 2.33. The Labute approximate surface area is 152 Å². The average molecular weight is 402 g/mol. The van der Waals surface area contributed by atoms with Crippen LogP contribution < -0.4 is 0 Å². The van der Waals surface area contributed by atoms with Crippen molar-refractivity contribution in [2.75, 3.05) is 6.54 Å². The third kappa shape index (κ3) is 3.11. The molecule has 1 aromatic carbocycles. The Balaban J connectivity index is 1.52. The van der Waals surface area contributed by atoms with E-state index in [1.165, 1.54) is 0 Å². The first-order valence-electron chi connectivity index (χ1n) is 8.05. The lowest BCUT2D eigenvalue weighted by Gasteiger charge is -2.25. The SMILES string of the molecule is CC(c1ccccc1)N1CC(c2noc(-c3ccc(Br)o3)n2)CC1=O. The summed E-state index contributed by atoms with van der Waals surface area (Å²) in [5.74, 6) is 1.40. The van der Waals surface area contributed by atoms with E-state index in [0.717, 1.165) is 5.56 Å². The van der Waals surface area contributed by atoms with Crippen LogP contribution in [-0.2, 0) is 4.79 Å². The summed E-state index contributed by atoms with van der Waals surface area (Å²) in [4.78, 5) is 18.7. The van der Waals surface area contributed by atoms with Crippen LogP contribution in [-0.4, -0.2) is 27.5 Å². The number of carbonyl (C=O) groups is 1. The highest BCUT2D eigenvalue weighted by molar-refractivity contribution is 9.10. The van der Waals surface area contributed by atoms with Gasteiger partial charge in [0.05, 0.1) is 6.04 Å². The number of furan rings is 1. The van der Waals surface area contributed by atoms with E-state index in [9.17, 15) is 4.79 Å². The van der Waals surface area contributed by atoms with Gasteiger partial charge in [-0.25, -0.2) is 0 Å². The molecule has 1 aliphatic rings. The molecule has 0 bridgehead atoms. The third-order valence-corrected chi connectivity index (χ3v) is 4.93. The predicted octanol–water partition coefficient (Wildman–Crippen LogP) is 4.17. The van der Waals surface area contributed by atoms with Crippen LogP contribution in [0.2, 0.25) is 0 Å². The Bertz CT molecular complexity index is 890. The van der Waals surface area contributed by atoms with Gasteiger partial charge in [0, 0.05) is 18.9 Å². The molecular formula is C18H16BrN3O3. The number of hydrogen-bond acceptors (Lipinski definition) is 5. The molecule has 7 heteroatoms. The molecule has 1 amide bonds. The van der Waals surface area contributed by atoms with Crippen LogP contribution in [0.25, 0.3) is 11.7 Å². The number of carbonyl (C=O) groups excluding carboxylic acids is 1. The van der Waals surface area contributed by atoms with Crippen LogP contribution in [0.3, 0.4) is 0 Å². The third-order valence-electron chi connectivity index (χ3n) is 4.50. The minimum absolute atomic E-state index is 0.0195. The largest absolute Gasteiger partial charge is 0.444 e. The number of amides is 1. The number of likely N-dealkylation sites (tertiary alicyclic amines) is 1. The van der Waals surface area contributed by atoms with Crippen molar-refractivity contribution in [3.8, 4) is 11.7 Å². The molecule has 3 aromatic rings. The molecule has 128 valence electrons. The van der Waals surface area contributed by atoms with E-state index in [4.69, 9.17) is 8.94 Å². The quantitative estimate of drug-likeness (QED) is 0.655. The fourth-order valence-electron chi connectivity index (χ4n) is 3.12. The summed E-state index contributed by atoms with van der Waals surface area (Å²) >= 11 is 3.25. The van der Waals surface area contributed by atoms with Crippen LogP contribution in [0, 0.1) is 0 Å². The van der Waals surface area contributed by atoms with Gasteiger partial charge in [0.15, 0.2) is 16.3 Å². The molecule has 2 atom stereocenters. The van der Waals surface area contributed by atoms with E-state index in [2.05, 4.69) is 26.1 Å². The van der Waals surface area contributed by atoms with Gasteiger partial charge in [0.25, 0.3) is 5.89 Å². The van der Waals surface area contributed by atoms with Crippen molar-refractivity contribution in [3.63, 3.8) is 0 Å². The number of nitrogens with zero attached hydrogens (tertiary/aromatic N) is 3. The van der Waals surface area contributed by atoms with Crippen LogP contribution in [0.15, 0.2) is 56.1 Å². The Morgan fingerprint density at radius 2 is 2.04 bits per heavy atom. The Kier molecular flexibility index (Phi) is 4.17. The average Bonchev–Trinajstić information content (AvgIpc) is 3.34. The molecule has 0 saturated carbocycles. The Hall–Kier alpha value is -2.41. The number of hydrogen-bond donors (Lipinski definition) is 0. The zero-order valence-corrected chi connectivity index (χ0v) is 15.1. The van der Waals surface area contributed by atoms with Gasteiger partial charge in [-0.05, 0) is 40.5 Å².